The van der Waals surface area contributed by atoms with Crippen LogP contribution in [0.15, 0.2) is 50.2 Å². The number of nitrogens with zero attached hydrogens (tertiary/aromatic N) is 1. The Balaban J connectivity index is 1.56. The largest absolute Gasteiger partial charge is 0.461 e. The molecule has 0 saturated carbocycles. The molecule has 6 nitrogen and oxygen atoms in total. The Morgan fingerprint density at radius 2 is 1.93 bits per heavy atom. The van der Waals surface area contributed by atoms with Crippen molar-refractivity contribution in [3.8, 4) is 0 Å². The van der Waals surface area contributed by atoms with E-state index in [2.05, 4.69) is 10.3 Å². The van der Waals surface area contributed by atoms with E-state index in [1.165, 1.54) is 5.56 Å². The minimum atomic E-state index is -0.498. The summed E-state index contributed by atoms with van der Waals surface area (Å²) in [4.78, 5) is 29.1. The quantitative estimate of drug-likeness (QED) is 0.529. The molecule has 0 unspecified atom stereocenters. The lowest BCUT2D eigenvalue weighted by atomic mass is 9.94. The van der Waals surface area contributed by atoms with Crippen molar-refractivity contribution in [2.45, 2.75) is 39.0 Å². The molecule has 0 atom stereocenters. The van der Waals surface area contributed by atoms with Gasteiger partial charge in [-0.25, -0.2) is 9.78 Å². The number of rotatable bonds is 3. The van der Waals surface area contributed by atoms with Crippen molar-refractivity contribution in [1.82, 2.24) is 4.98 Å². The van der Waals surface area contributed by atoms with Gasteiger partial charge in [-0.1, -0.05) is 6.07 Å². The summed E-state index contributed by atoms with van der Waals surface area (Å²) in [6.07, 6.45) is 5.77. The van der Waals surface area contributed by atoms with Crippen molar-refractivity contribution >= 4 is 33.7 Å². The van der Waals surface area contributed by atoms with E-state index in [1.807, 2.05) is 13.0 Å². The minimum Gasteiger partial charge on any atom is -0.461 e. The Kier molecular flexibility index (Phi) is 4.19. The molecule has 5 rings (SSSR count). The summed E-state index contributed by atoms with van der Waals surface area (Å²) in [6, 6.07) is 9.10. The normalized spacial score (nSPS) is 13.6. The number of carbonyl (C=O) groups excluding carboxylic acids is 1. The molecule has 146 valence electrons. The summed E-state index contributed by atoms with van der Waals surface area (Å²) >= 11 is 0. The molecule has 1 aliphatic carbocycles. The average molecular weight is 388 g/mol. The first kappa shape index (κ1) is 17.7. The van der Waals surface area contributed by atoms with Gasteiger partial charge in [-0.05, 0) is 49.9 Å². The fraction of sp³-hybridized carbons (Fsp3) is 0.261. The molecule has 0 fully saturated rings. The summed E-state index contributed by atoms with van der Waals surface area (Å²) in [5.74, 6) is 1.18. The van der Waals surface area contributed by atoms with Crippen molar-refractivity contribution < 1.29 is 13.6 Å². The highest BCUT2D eigenvalue weighted by atomic mass is 16.4. The molecular formula is C23H20N2O4. The highest BCUT2D eigenvalue weighted by Gasteiger charge is 2.21. The predicted molar refractivity (Wildman–Crippen MR) is 110 cm³/mol. The Hall–Kier alpha value is -3.41. The van der Waals surface area contributed by atoms with Crippen LogP contribution < -0.4 is 10.9 Å². The van der Waals surface area contributed by atoms with Crippen LogP contribution in [-0.2, 0) is 24.1 Å². The monoisotopic (exact) mass is 388 g/mol. The predicted octanol–water partition coefficient (Wildman–Crippen LogP) is 4.30. The molecule has 29 heavy (non-hydrogen) atoms. The summed E-state index contributed by atoms with van der Waals surface area (Å²) in [5, 5.41) is 4.63. The molecule has 0 spiro atoms. The SMILES string of the molecule is Cc1c(CC(=O)Nc2ccccn2)c(=O)oc2cc3oc4c(c3cc12)CCCC4. The average Bonchev–Trinajstić information content (AvgIpc) is 3.08. The number of carbonyl (C=O) groups is 1. The number of aromatic nitrogens is 1. The van der Waals surface area contributed by atoms with E-state index in [1.54, 1.807) is 30.5 Å². The van der Waals surface area contributed by atoms with Gasteiger partial charge in [-0.3, -0.25) is 4.79 Å². The van der Waals surface area contributed by atoms with Gasteiger partial charge in [0.1, 0.15) is 22.7 Å². The summed E-state index contributed by atoms with van der Waals surface area (Å²) < 4.78 is 11.6. The third-order valence-corrected chi connectivity index (χ3v) is 5.63. The number of hydrogen-bond acceptors (Lipinski definition) is 5. The van der Waals surface area contributed by atoms with Crippen LogP contribution in [0.25, 0.3) is 21.9 Å². The minimum absolute atomic E-state index is 0.0672. The smallest absolute Gasteiger partial charge is 0.340 e. The third-order valence-electron chi connectivity index (χ3n) is 5.63. The molecule has 0 saturated heterocycles. The zero-order valence-electron chi connectivity index (χ0n) is 16.1. The number of pyridine rings is 1. The summed E-state index contributed by atoms with van der Waals surface area (Å²) in [7, 11) is 0. The topological polar surface area (TPSA) is 85.3 Å². The molecule has 1 aliphatic rings. The van der Waals surface area contributed by atoms with Gasteiger partial charge in [0.15, 0.2) is 0 Å². The molecule has 6 heteroatoms. The van der Waals surface area contributed by atoms with Gasteiger partial charge < -0.3 is 14.2 Å². The van der Waals surface area contributed by atoms with Crippen LogP contribution in [0.1, 0.15) is 35.3 Å². The first-order chi connectivity index (χ1) is 14.1. The molecule has 3 aromatic heterocycles. The number of anilines is 1. The molecule has 0 aliphatic heterocycles. The zero-order chi connectivity index (χ0) is 20.0. The van der Waals surface area contributed by atoms with E-state index in [0.717, 1.165) is 53.4 Å². The Morgan fingerprint density at radius 3 is 2.76 bits per heavy atom. The van der Waals surface area contributed by atoms with Gasteiger partial charge in [-0.2, -0.15) is 0 Å². The van der Waals surface area contributed by atoms with Gasteiger partial charge in [0, 0.05) is 35.0 Å². The maximum Gasteiger partial charge on any atom is 0.340 e. The van der Waals surface area contributed by atoms with Crippen LogP contribution in [-0.4, -0.2) is 10.9 Å². The first-order valence-electron chi connectivity index (χ1n) is 9.81. The first-order valence-corrected chi connectivity index (χ1v) is 9.81. The Bertz CT molecular complexity index is 1300. The lowest BCUT2D eigenvalue weighted by molar-refractivity contribution is -0.115. The molecule has 1 amide bonds. The number of aryl methyl sites for hydroxylation is 3. The van der Waals surface area contributed by atoms with Gasteiger partial charge in [-0.15, -0.1) is 0 Å². The van der Waals surface area contributed by atoms with E-state index in [9.17, 15) is 9.59 Å². The van der Waals surface area contributed by atoms with Crippen molar-refractivity contribution in [2.75, 3.05) is 5.32 Å². The van der Waals surface area contributed by atoms with Gasteiger partial charge in [0.2, 0.25) is 5.91 Å². The van der Waals surface area contributed by atoms with Gasteiger partial charge >= 0.3 is 5.63 Å². The maximum atomic E-state index is 12.6. The number of nitrogens with one attached hydrogen (secondary N) is 1. The number of benzene rings is 1. The second-order valence-electron chi connectivity index (χ2n) is 7.49. The molecule has 0 radical (unpaired) electrons. The molecule has 1 aromatic carbocycles. The number of hydrogen-bond donors (Lipinski definition) is 1. The second kappa shape index (κ2) is 6.88. The van der Waals surface area contributed by atoms with Crippen LogP contribution >= 0.6 is 0 Å². The van der Waals surface area contributed by atoms with Gasteiger partial charge in [0.05, 0.1) is 12.0 Å². The van der Waals surface area contributed by atoms with Crippen molar-refractivity contribution in [3.05, 3.63) is 69.4 Å². The highest BCUT2D eigenvalue weighted by molar-refractivity contribution is 5.98. The maximum absolute atomic E-state index is 12.6. The fourth-order valence-electron chi connectivity index (χ4n) is 4.13. The van der Waals surface area contributed by atoms with E-state index >= 15 is 0 Å². The lowest BCUT2D eigenvalue weighted by Gasteiger charge is -2.10. The van der Waals surface area contributed by atoms with Crippen LogP contribution in [0.5, 0.6) is 0 Å². The van der Waals surface area contributed by atoms with Crippen LogP contribution in [0.2, 0.25) is 0 Å². The molecule has 1 N–H and O–H groups in total. The second-order valence-corrected chi connectivity index (χ2v) is 7.49. The Labute approximate surface area is 166 Å². The van der Waals surface area contributed by atoms with E-state index in [0.29, 0.717) is 17.0 Å². The molecule has 3 heterocycles. The number of furan rings is 1. The van der Waals surface area contributed by atoms with E-state index < -0.39 is 5.63 Å². The van der Waals surface area contributed by atoms with Gasteiger partial charge in [0.25, 0.3) is 0 Å². The van der Waals surface area contributed by atoms with Crippen LogP contribution in [0, 0.1) is 6.92 Å². The number of amides is 1. The fourth-order valence-corrected chi connectivity index (χ4v) is 4.13. The third kappa shape index (κ3) is 3.10. The summed E-state index contributed by atoms with van der Waals surface area (Å²) in [5.41, 5.74) is 3.13. The molecule has 0 bridgehead atoms. The van der Waals surface area contributed by atoms with E-state index in [4.69, 9.17) is 8.83 Å². The number of fused-ring (bicyclic) bond motifs is 4. The van der Waals surface area contributed by atoms with Crippen molar-refractivity contribution in [2.24, 2.45) is 0 Å². The highest BCUT2D eigenvalue weighted by Crippen LogP contribution is 2.35. The standard InChI is InChI=1S/C23H20N2O4/c1-13-15-10-17-14-6-2-3-7-18(14)28-20(17)12-19(15)29-23(27)16(13)11-22(26)25-21-8-4-5-9-24-21/h4-5,8-10,12H,2-3,6-7,11H2,1H3,(H,24,25,26). The van der Waals surface area contributed by atoms with Crippen molar-refractivity contribution in [1.29, 1.82) is 0 Å². The van der Waals surface area contributed by atoms with Crippen molar-refractivity contribution in [3.63, 3.8) is 0 Å². The Morgan fingerprint density at radius 1 is 1.10 bits per heavy atom. The zero-order valence-corrected chi connectivity index (χ0v) is 16.1. The molecule has 4 aromatic rings. The molecular weight excluding hydrogens is 368 g/mol. The lowest BCUT2D eigenvalue weighted by Crippen LogP contribution is -2.21. The van der Waals surface area contributed by atoms with Crippen LogP contribution in [0.4, 0.5) is 5.82 Å². The van der Waals surface area contributed by atoms with E-state index in [-0.39, 0.29) is 12.3 Å². The van der Waals surface area contributed by atoms with Crippen LogP contribution in [0.3, 0.4) is 0 Å². The summed E-state index contributed by atoms with van der Waals surface area (Å²) in [6.45, 7) is 1.86.